The van der Waals surface area contributed by atoms with Crippen molar-refractivity contribution in [2.75, 3.05) is 26.9 Å². The number of nitrogens with zero attached hydrogens (tertiary/aromatic N) is 1. The van der Waals surface area contributed by atoms with Crippen LogP contribution in [0.2, 0.25) is 0 Å². The lowest BCUT2D eigenvalue weighted by molar-refractivity contribution is 0.282. The molecular formula is C7H18NO2P. The summed E-state index contributed by atoms with van der Waals surface area (Å²) in [7, 11) is 1.13. The molecule has 0 rings (SSSR count). The second-order valence-corrected chi connectivity index (χ2v) is 5.60. The van der Waals surface area contributed by atoms with E-state index in [-0.39, 0.29) is 0 Å². The van der Waals surface area contributed by atoms with Crippen LogP contribution in [0.3, 0.4) is 0 Å². The summed E-state index contributed by atoms with van der Waals surface area (Å²) < 4.78 is 18.7. The summed E-state index contributed by atoms with van der Waals surface area (Å²) >= 11 is 0. The Kier molecular flexibility index (Phi) is 4.98. The Morgan fingerprint density at radius 2 is 1.91 bits per heavy atom. The van der Waals surface area contributed by atoms with Gasteiger partial charge in [0.2, 0.25) is 0 Å². The molecule has 0 saturated carbocycles. The van der Waals surface area contributed by atoms with E-state index >= 15 is 0 Å². The van der Waals surface area contributed by atoms with E-state index in [0.717, 1.165) is 6.42 Å². The van der Waals surface area contributed by atoms with Crippen molar-refractivity contribution in [1.82, 2.24) is 4.67 Å². The summed E-state index contributed by atoms with van der Waals surface area (Å²) in [6.07, 6.45) is 1.50. The topological polar surface area (TPSA) is 29.5 Å². The summed E-state index contributed by atoms with van der Waals surface area (Å²) in [5.41, 5.74) is 0. The minimum Gasteiger partial charge on any atom is -0.317 e. The molecule has 0 fully saturated rings. The van der Waals surface area contributed by atoms with E-state index in [9.17, 15) is 4.57 Å². The van der Waals surface area contributed by atoms with Crippen molar-refractivity contribution in [2.45, 2.75) is 20.3 Å². The molecular weight excluding hydrogens is 161 g/mol. The molecule has 0 saturated heterocycles. The summed E-state index contributed by atoms with van der Waals surface area (Å²) in [6, 6.07) is 0. The molecule has 0 radical (unpaired) electrons. The average molecular weight is 179 g/mol. The lowest BCUT2D eigenvalue weighted by Gasteiger charge is -2.22. The third kappa shape index (κ3) is 3.37. The van der Waals surface area contributed by atoms with E-state index in [1.807, 2.05) is 13.8 Å². The maximum absolute atomic E-state index is 11.7. The first-order valence-corrected chi connectivity index (χ1v) is 5.74. The summed E-state index contributed by atoms with van der Waals surface area (Å²) in [4.78, 5) is 0. The molecule has 1 atom stereocenters. The SMILES string of the molecule is CCCOP(=O)(CC)N(C)C. The largest absolute Gasteiger partial charge is 0.317 e. The summed E-state index contributed by atoms with van der Waals surface area (Å²) in [6.45, 7) is 4.48. The highest BCUT2D eigenvalue weighted by Gasteiger charge is 2.22. The van der Waals surface area contributed by atoms with Crippen LogP contribution in [-0.4, -0.2) is 31.5 Å². The zero-order valence-electron chi connectivity index (χ0n) is 7.83. The lowest BCUT2D eigenvalue weighted by atomic mass is 10.5. The van der Waals surface area contributed by atoms with Crippen LogP contribution in [-0.2, 0) is 9.09 Å². The van der Waals surface area contributed by atoms with Crippen LogP contribution in [0.15, 0.2) is 0 Å². The molecule has 3 nitrogen and oxygen atoms in total. The van der Waals surface area contributed by atoms with E-state index in [1.165, 1.54) is 0 Å². The Hall–Kier alpha value is 0.150. The van der Waals surface area contributed by atoms with Crippen LogP contribution in [0, 0.1) is 0 Å². The molecule has 11 heavy (non-hydrogen) atoms. The standard InChI is InChI=1S/C7H18NO2P/c1-5-7-10-11(9,6-2)8(3)4/h5-7H2,1-4H3. The van der Waals surface area contributed by atoms with Gasteiger partial charge >= 0.3 is 0 Å². The first-order valence-electron chi connectivity index (χ1n) is 3.98. The minimum absolute atomic E-state index is 0.583. The molecule has 4 heteroatoms. The van der Waals surface area contributed by atoms with E-state index < -0.39 is 7.52 Å². The average Bonchev–Trinajstić information content (AvgIpc) is 2.00. The first kappa shape index (κ1) is 11.2. The molecule has 0 N–H and O–H groups in total. The normalized spacial score (nSPS) is 16.8. The fraction of sp³-hybridized carbons (Fsp3) is 1.00. The molecule has 0 aromatic carbocycles. The van der Waals surface area contributed by atoms with Gasteiger partial charge in [0.1, 0.15) is 0 Å². The minimum atomic E-state index is -2.46. The number of rotatable bonds is 5. The van der Waals surface area contributed by atoms with Crippen LogP contribution in [0.4, 0.5) is 0 Å². The molecule has 0 bridgehead atoms. The van der Waals surface area contributed by atoms with Gasteiger partial charge in [0.25, 0.3) is 7.52 Å². The summed E-state index contributed by atoms with van der Waals surface area (Å²) in [5, 5.41) is 0. The fourth-order valence-electron chi connectivity index (χ4n) is 0.724. The zero-order chi connectivity index (χ0) is 8.91. The second kappa shape index (κ2) is 4.91. The third-order valence-electron chi connectivity index (χ3n) is 1.51. The Balaban J connectivity index is 4.01. The molecule has 0 aliphatic carbocycles. The quantitative estimate of drug-likeness (QED) is 0.606. The van der Waals surface area contributed by atoms with Crippen molar-refractivity contribution in [3.63, 3.8) is 0 Å². The van der Waals surface area contributed by atoms with Crippen molar-refractivity contribution < 1.29 is 9.09 Å². The van der Waals surface area contributed by atoms with E-state index in [1.54, 1.807) is 18.8 Å². The predicted molar refractivity (Wildman–Crippen MR) is 48.1 cm³/mol. The van der Waals surface area contributed by atoms with Gasteiger partial charge in [-0.1, -0.05) is 13.8 Å². The van der Waals surface area contributed by atoms with Crippen molar-refractivity contribution in [1.29, 1.82) is 0 Å². The molecule has 0 aliphatic rings. The van der Waals surface area contributed by atoms with Crippen LogP contribution >= 0.6 is 7.52 Å². The maximum Gasteiger partial charge on any atom is 0.271 e. The first-order chi connectivity index (χ1) is 5.06. The number of hydrogen-bond acceptors (Lipinski definition) is 2. The highest BCUT2D eigenvalue weighted by atomic mass is 31.2. The van der Waals surface area contributed by atoms with Crippen molar-refractivity contribution in [3.8, 4) is 0 Å². The molecule has 1 unspecified atom stereocenters. The van der Waals surface area contributed by atoms with Gasteiger partial charge in [0.05, 0.1) is 6.61 Å². The van der Waals surface area contributed by atoms with E-state index in [4.69, 9.17) is 4.52 Å². The number of hydrogen-bond donors (Lipinski definition) is 0. The Morgan fingerprint density at radius 3 is 2.18 bits per heavy atom. The van der Waals surface area contributed by atoms with Gasteiger partial charge in [-0.2, -0.15) is 0 Å². The highest BCUT2D eigenvalue weighted by Crippen LogP contribution is 2.48. The molecule has 0 heterocycles. The van der Waals surface area contributed by atoms with E-state index in [2.05, 4.69) is 0 Å². The van der Waals surface area contributed by atoms with Gasteiger partial charge in [-0.3, -0.25) is 4.57 Å². The van der Waals surface area contributed by atoms with Crippen molar-refractivity contribution >= 4 is 7.52 Å². The van der Waals surface area contributed by atoms with Gasteiger partial charge in [0, 0.05) is 6.16 Å². The molecule has 0 aromatic rings. The second-order valence-electron chi connectivity index (χ2n) is 2.63. The molecule has 0 aromatic heterocycles. The predicted octanol–water partition coefficient (Wildman–Crippen LogP) is 2.19. The van der Waals surface area contributed by atoms with Gasteiger partial charge in [-0.15, -0.1) is 0 Å². The fourth-order valence-corrected chi connectivity index (χ4v) is 2.17. The zero-order valence-corrected chi connectivity index (χ0v) is 8.73. The third-order valence-corrected chi connectivity index (χ3v) is 4.11. The maximum atomic E-state index is 11.7. The van der Waals surface area contributed by atoms with Crippen LogP contribution in [0.1, 0.15) is 20.3 Å². The van der Waals surface area contributed by atoms with Crippen molar-refractivity contribution in [3.05, 3.63) is 0 Å². The van der Waals surface area contributed by atoms with Crippen LogP contribution in [0.5, 0.6) is 0 Å². The van der Waals surface area contributed by atoms with Crippen LogP contribution in [0.25, 0.3) is 0 Å². The molecule has 0 amide bonds. The monoisotopic (exact) mass is 179 g/mol. The summed E-state index contributed by atoms with van der Waals surface area (Å²) in [5.74, 6) is 0. The van der Waals surface area contributed by atoms with E-state index in [0.29, 0.717) is 12.8 Å². The Morgan fingerprint density at radius 1 is 1.36 bits per heavy atom. The highest BCUT2D eigenvalue weighted by molar-refractivity contribution is 7.56. The van der Waals surface area contributed by atoms with Gasteiger partial charge in [0.15, 0.2) is 0 Å². The lowest BCUT2D eigenvalue weighted by Crippen LogP contribution is -2.12. The molecule has 0 spiro atoms. The van der Waals surface area contributed by atoms with Gasteiger partial charge in [-0.05, 0) is 20.5 Å². The van der Waals surface area contributed by atoms with Crippen LogP contribution < -0.4 is 0 Å². The van der Waals surface area contributed by atoms with Crippen molar-refractivity contribution in [2.24, 2.45) is 0 Å². The van der Waals surface area contributed by atoms with Gasteiger partial charge < -0.3 is 4.52 Å². The smallest absolute Gasteiger partial charge is 0.271 e. The Bertz CT molecular complexity index is 147. The molecule has 0 aliphatic heterocycles. The Labute approximate surface area is 69.2 Å². The molecule has 68 valence electrons. The van der Waals surface area contributed by atoms with Gasteiger partial charge in [-0.25, -0.2) is 4.67 Å².